The molecular formula is C18H16BrClN2O3. The summed E-state index contributed by atoms with van der Waals surface area (Å²) in [5, 5.41) is 3.14. The molecule has 1 heterocycles. The summed E-state index contributed by atoms with van der Waals surface area (Å²) in [6.07, 6.45) is 0. The van der Waals surface area contributed by atoms with Gasteiger partial charge in [-0.25, -0.2) is 0 Å². The lowest BCUT2D eigenvalue weighted by Gasteiger charge is -2.27. The number of nitrogens with zero attached hydrogens (tertiary/aromatic N) is 1. The smallest absolute Gasteiger partial charge is 0.257 e. The Morgan fingerprint density at radius 3 is 2.56 bits per heavy atom. The molecular weight excluding hydrogens is 408 g/mol. The van der Waals surface area contributed by atoms with Crippen LogP contribution in [-0.4, -0.2) is 43.0 Å². The second-order valence-corrected chi connectivity index (χ2v) is 6.85. The van der Waals surface area contributed by atoms with Crippen molar-refractivity contribution in [1.29, 1.82) is 0 Å². The number of morpholine rings is 1. The number of benzene rings is 2. The van der Waals surface area contributed by atoms with Crippen LogP contribution < -0.4 is 5.32 Å². The summed E-state index contributed by atoms with van der Waals surface area (Å²) < 4.78 is 6.03. The molecule has 0 radical (unpaired) electrons. The molecule has 1 saturated heterocycles. The molecule has 2 aromatic carbocycles. The minimum Gasteiger partial charge on any atom is -0.378 e. The Hall–Kier alpha value is -1.89. The number of hydrogen-bond acceptors (Lipinski definition) is 3. The highest BCUT2D eigenvalue weighted by Gasteiger charge is 2.22. The highest BCUT2D eigenvalue weighted by molar-refractivity contribution is 9.10. The first-order chi connectivity index (χ1) is 12.1. The molecule has 0 aromatic heterocycles. The van der Waals surface area contributed by atoms with Crippen LogP contribution in [0.25, 0.3) is 0 Å². The van der Waals surface area contributed by atoms with Crippen molar-refractivity contribution in [3.63, 3.8) is 0 Å². The van der Waals surface area contributed by atoms with Crippen LogP contribution in [0.2, 0.25) is 5.02 Å². The topological polar surface area (TPSA) is 58.6 Å². The molecule has 1 aliphatic rings. The number of para-hydroxylation sites is 1. The quantitative estimate of drug-likeness (QED) is 0.816. The number of nitrogens with one attached hydrogen (secondary N) is 1. The number of ether oxygens (including phenoxy) is 1. The van der Waals surface area contributed by atoms with Gasteiger partial charge >= 0.3 is 0 Å². The van der Waals surface area contributed by atoms with Gasteiger partial charge < -0.3 is 15.0 Å². The predicted octanol–water partition coefficient (Wildman–Crippen LogP) is 3.83. The molecule has 0 aliphatic carbocycles. The van der Waals surface area contributed by atoms with Crippen LogP contribution in [0.4, 0.5) is 5.69 Å². The van der Waals surface area contributed by atoms with Crippen molar-refractivity contribution >= 4 is 45.0 Å². The summed E-state index contributed by atoms with van der Waals surface area (Å²) in [5.41, 5.74) is 1.24. The van der Waals surface area contributed by atoms with E-state index >= 15 is 0 Å². The first kappa shape index (κ1) is 17.9. The Morgan fingerprint density at radius 1 is 1.08 bits per heavy atom. The normalized spacial score (nSPS) is 14.2. The van der Waals surface area contributed by atoms with Crippen molar-refractivity contribution in [2.75, 3.05) is 31.6 Å². The highest BCUT2D eigenvalue weighted by Crippen LogP contribution is 2.24. The van der Waals surface area contributed by atoms with E-state index < -0.39 is 0 Å². The van der Waals surface area contributed by atoms with E-state index in [0.29, 0.717) is 48.1 Å². The van der Waals surface area contributed by atoms with E-state index in [1.165, 1.54) is 0 Å². The Kier molecular flexibility index (Phi) is 5.73. The summed E-state index contributed by atoms with van der Waals surface area (Å²) in [5.74, 6) is -0.493. The van der Waals surface area contributed by atoms with Crippen LogP contribution in [0, 0.1) is 0 Å². The molecule has 1 N–H and O–H groups in total. The van der Waals surface area contributed by atoms with Crippen LogP contribution in [0.3, 0.4) is 0 Å². The molecule has 1 aliphatic heterocycles. The molecule has 0 atom stereocenters. The lowest BCUT2D eigenvalue weighted by Crippen LogP contribution is -2.41. The average molecular weight is 424 g/mol. The Morgan fingerprint density at radius 2 is 1.80 bits per heavy atom. The summed E-state index contributed by atoms with van der Waals surface area (Å²) in [7, 11) is 0. The number of amides is 2. The number of rotatable bonds is 3. The monoisotopic (exact) mass is 422 g/mol. The minimum atomic E-state index is -0.367. The van der Waals surface area contributed by atoms with Gasteiger partial charge in [-0.1, -0.05) is 39.7 Å². The van der Waals surface area contributed by atoms with Gasteiger partial charge in [-0.3, -0.25) is 9.59 Å². The summed E-state index contributed by atoms with van der Waals surface area (Å²) in [4.78, 5) is 27.0. The van der Waals surface area contributed by atoms with Gasteiger partial charge in [0.1, 0.15) is 0 Å². The SMILES string of the molecule is O=C(Nc1ccccc1C(=O)N1CCOCC1)c1cc(Br)ccc1Cl. The first-order valence-electron chi connectivity index (χ1n) is 7.79. The van der Waals surface area contributed by atoms with Crippen LogP contribution in [0.5, 0.6) is 0 Å². The van der Waals surface area contributed by atoms with Crippen molar-refractivity contribution in [2.24, 2.45) is 0 Å². The molecule has 2 aromatic rings. The third-order valence-electron chi connectivity index (χ3n) is 3.88. The zero-order chi connectivity index (χ0) is 17.8. The van der Waals surface area contributed by atoms with E-state index in [2.05, 4.69) is 21.2 Å². The van der Waals surface area contributed by atoms with Crippen LogP contribution in [0.1, 0.15) is 20.7 Å². The van der Waals surface area contributed by atoms with E-state index in [0.717, 1.165) is 4.47 Å². The van der Waals surface area contributed by atoms with Gasteiger partial charge in [0, 0.05) is 17.6 Å². The predicted molar refractivity (Wildman–Crippen MR) is 100 cm³/mol. The first-order valence-corrected chi connectivity index (χ1v) is 8.96. The summed E-state index contributed by atoms with van der Waals surface area (Å²) >= 11 is 9.44. The van der Waals surface area contributed by atoms with Crippen LogP contribution in [-0.2, 0) is 4.74 Å². The molecule has 130 valence electrons. The van der Waals surface area contributed by atoms with E-state index in [-0.39, 0.29) is 11.8 Å². The van der Waals surface area contributed by atoms with Crippen molar-refractivity contribution in [2.45, 2.75) is 0 Å². The average Bonchev–Trinajstić information content (AvgIpc) is 2.64. The van der Waals surface area contributed by atoms with E-state index in [4.69, 9.17) is 16.3 Å². The molecule has 0 spiro atoms. The number of halogens is 2. The number of anilines is 1. The molecule has 7 heteroatoms. The lowest BCUT2D eigenvalue weighted by molar-refractivity contribution is 0.0303. The lowest BCUT2D eigenvalue weighted by atomic mass is 10.1. The fraction of sp³-hybridized carbons (Fsp3) is 0.222. The van der Waals surface area contributed by atoms with Crippen molar-refractivity contribution in [1.82, 2.24) is 4.90 Å². The maximum absolute atomic E-state index is 12.7. The van der Waals surface area contributed by atoms with Gasteiger partial charge in [0.25, 0.3) is 11.8 Å². The summed E-state index contributed by atoms with van der Waals surface area (Å²) in [6, 6.07) is 12.0. The summed E-state index contributed by atoms with van der Waals surface area (Å²) in [6.45, 7) is 2.12. The molecule has 0 bridgehead atoms. The third kappa shape index (κ3) is 4.21. The third-order valence-corrected chi connectivity index (χ3v) is 4.70. The van der Waals surface area contributed by atoms with E-state index in [1.807, 2.05) is 0 Å². The van der Waals surface area contributed by atoms with E-state index in [9.17, 15) is 9.59 Å². The fourth-order valence-corrected chi connectivity index (χ4v) is 3.14. The zero-order valence-corrected chi connectivity index (χ0v) is 15.6. The maximum Gasteiger partial charge on any atom is 0.257 e. The Bertz CT molecular complexity index is 807. The van der Waals surface area contributed by atoms with Crippen molar-refractivity contribution < 1.29 is 14.3 Å². The van der Waals surface area contributed by atoms with Crippen molar-refractivity contribution in [3.05, 3.63) is 63.1 Å². The molecule has 1 fully saturated rings. The van der Waals surface area contributed by atoms with Gasteiger partial charge in [0.05, 0.1) is 35.1 Å². The number of carbonyl (C=O) groups is 2. The molecule has 2 amide bonds. The second-order valence-electron chi connectivity index (χ2n) is 5.53. The number of carbonyl (C=O) groups excluding carboxylic acids is 2. The Labute approximate surface area is 159 Å². The minimum absolute atomic E-state index is 0.125. The van der Waals surface area contributed by atoms with E-state index in [1.54, 1.807) is 47.4 Å². The molecule has 3 rings (SSSR count). The molecule has 0 saturated carbocycles. The maximum atomic E-state index is 12.7. The van der Waals surface area contributed by atoms with Gasteiger partial charge in [-0.15, -0.1) is 0 Å². The Balaban J connectivity index is 1.84. The van der Waals surface area contributed by atoms with Gasteiger partial charge in [-0.05, 0) is 30.3 Å². The van der Waals surface area contributed by atoms with Crippen LogP contribution in [0.15, 0.2) is 46.9 Å². The standard InChI is InChI=1S/C18H16BrClN2O3/c19-12-5-6-15(20)14(11-12)17(23)21-16-4-2-1-3-13(16)18(24)22-7-9-25-10-8-22/h1-6,11H,7-10H2,(H,21,23). The highest BCUT2D eigenvalue weighted by atomic mass is 79.9. The number of hydrogen-bond donors (Lipinski definition) is 1. The molecule has 0 unspecified atom stereocenters. The fourth-order valence-electron chi connectivity index (χ4n) is 2.58. The molecule has 5 nitrogen and oxygen atoms in total. The zero-order valence-electron chi connectivity index (χ0n) is 13.3. The van der Waals surface area contributed by atoms with Crippen LogP contribution >= 0.6 is 27.5 Å². The largest absolute Gasteiger partial charge is 0.378 e. The van der Waals surface area contributed by atoms with Crippen molar-refractivity contribution in [3.8, 4) is 0 Å². The second kappa shape index (κ2) is 7.99. The van der Waals surface area contributed by atoms with Gasteiger partial charge in [0.15, 0.2) is 0 Å². The van der Waals surface area contributed by atoms with Gasteiger partial charge in [0.2, 0.25) is 0 Å². The molecule has 25 heavy (non-hydrogen) atoms. The van der Waals surface area contributed by atoms with Gasteiger partial charge in [-0.2, -0.15) is 0 Å².